The van der Waals surface area contributed by atoms with Crippen LogP contribution < -0.4 is 10.6 Å². The Kier molecular flexibility index (Phi) is 3.61. The van der Waals surface area contributed by atoms with Gasteiger partial charge in [0, 0.05) is 20.4 Å². The fourth-order valence-corrected chi connectivity index (χ4v) is 8.40. The van der Waals surface area contributed by atoms with Crippen LogP contribution in [0.25, 0.3) is 20.9 Å². The van der Waals surface area contributed by atoms with Gasteiger partial charge in [0.05, 0.1) is 4.88 Å². The topological polar surface area (TPSA) is 34.1 Å². The number of benzene rings is 2. The zero-order chi connectivity index (χ0) is 17.7. The van der Waals surface area contributed by atoms with E-state index in [0.717, 1.165) is 20.9 Å². The molecular weight excluding hydrogens is 379 g/mol. The van der Waals surface area contributed by atoms with Crippen molar-refractivity contribution in [1.29, 1.82) is 0 Å². The molecule has 0 amide bonds. The lowest BCUT2D eigenvalue weighted by Gasteiger charge is -2.12. The van der Waals surface area contributed by atoms with Crippen LogP contribution in [-0.4, -0.2) is 5.52 Å². The number of rotatable bonds is 3. The third-order valence-corrected chi connectivity index (χ3v) is 9.89. The molecule has 0 saturated heterocycles. The predicted molar refractivity (Wildman–Crippen MR) is 111 cm³/mol. The van der Waals surface area contributed by atoms with Crippen molar-refractivity contribution in [3.63, 3.8) is 0 Å². The zero-order valence-corrected chi connectivity index (χ0v) is 16.1. The monoisotopic (exact) mass is 392 g/mol. The number of carbonyl (C=O) groups excluding carboxylic acids is 1. The summed E-state index contributed by atoms with van der Waals surface area (Å²) in [4.78, 5) is 16.1. The lowest BCUT2D eigenvalue weighted by Crippen LogP contribution is -2.17. The molecule has 26 heavy (non-hydrogen) atoms. The maximum Gasteiger partial charge on any atom is 0.240 e. The summed E-state index contributed by atoms with van der Waals surface area (Å²) in [6.45, 7) is 0. The lowest BCUT2D eigenvalue weighted by atomic mass is 10.1. The molecule has 0 N–H and O–H groups in total. The van der Waals surface area contributed by atoms with Gasteiger partial charge in [0.1, 0.15) is 0 Å². The predicted octanol–water partition coefficient (Wildman–Crippen LogP) is 5.61. The van der Waals surface area contributed by atoms with E-state index in [1.807, 2.05) is 78.2 Å². The number of fused-ring (bicyclic) bond motifs is 3. The maximum absolute atomic E-state index is 14.1. The molecule has 0 aliphatic carbocycles. The molecule has 1 aliphatic heterocycles. The largest absolute Gasteiger partial charge is 0.305 e. The Hall–Kier alpha value is -2.26. The van der Waals surface area contributed by atoms with E-state index in [0.29, 0.717) is 15.5 Å². The molecule has 5 rings (SSSR count). The Morgan fingerprint density at radius 3 is 2.00 bits per heavy atom. The van der Waals surface area contributed by atoms with Gasteiger partial charge in [-0.05, 0) is 34.7 Å². The summed E-state index contributed by atoms with van der Waals surface area (Å²) in [5.41, 5.74) is 1.56. The number of hydrogen-bond acceptors (Lipinski definition) is 4. The van der Waals surface area contributed by atoms with Crippen LogP contribution in [0.15, 0.2) is 78.2 Å². The number of hydrogen-bond donors (Lipinski definition) is 0. The second-order valence-electron chi connectivity index (χ2n) is 6.09. The van der Waals surface area contributed by atoms with Crippen LogP contribution in [0.1, 0.15) is 9.67 Å². The van der Waals surface area contributed by atoms with Gasteiger partial charge in [-0.3, -0.25) is 4.79 Å². The van der Waals surface area contributed by atoms with Crippen molar-refractivity contribution >= 4 is 45.9 Å². The minimum Gasteiger partial charge on any atom is -0.305 e. The smallest absolute Gasteiger partial charge is 0.240 e. The molecule has 0 atom stereocenters. The van der Waals surface area contributed by atoms with E-state index in [1.165, 1.54) is 11.3 Å². The summed E-state index contributed by atoms with van der Waals surface area (Å²) < 4.78 is 14.1. The van der Waals surface area contributed by atoms with E-state index in [9.17, 15) is 9.36 Å². The molecule has 0 radical (unpaired) electrons. The Bertz CT molecular complexity index is 1140. The second-order valence-corrected chi connectivity index (χ2v) is 10.7. The third-order valence-electron chi connectivity index (χ3n) is 4.64. The highest BCUT2D eigenvalue weighted by Gasteiger charge is 2.45. The van der Waals surface area contributed by atoms with Crippen LogP contribution in [0.4, 0.5) is 0 Å². The SMILES string of the molecule is O=C(c1ccc(-c2cccs2)s1)P1(=O)c2ccccc2-c2ccccc21. The molecule has 0 bridgehead atoms. The van der Waals surface area contributed by atoms with Gasteiger partial charge >= 0.3 is 0 Å². The summed E-state index contributed by atoms with van der Waals surface area (Å²) in [5.74, 6) is 0. The van der Waals surface area contributed by atoms with Crippen LogP contribution in [0.3, 0.4) is 0 Å². The molecule has 0 fully saturated rings. The van der Waals surface area contributed by atoms with Gasteiger partial charge in [-0.25, -0.2) is 0 Å². The molecule has 0 unspecified atom stereocenters. The van der Waals surface area contributed by atoms with Crippen LogP contribution in [0.5, 0.6) is 0 Å². The van der Waals surface area contributed by atoms with Crippen molar-refractivity contribution in [2.24, 2.45) is 0 Å². The molecule has 0 spiro atoms. The van der Waals surface area contributed by atoms with Crippen molar-refractivity contribution in [1.82, 2.24) is 0 Å². The quantitative estimate of drug-likeness (QED) is 0.425. The van der Waals surface area contributed by atoms with Crippen molar-refractivity contribution < 1.29 is 9.36 Å². The maximum atomic E-state index is 14.1. The summed E-state index contributed by atoms with van der Waals surface area (Å²) in [5, 5.41) is 3.34. The first-order chi connectivity index (χ1) is 12.7. The van der Waals surface area contributed by atoms with Gasteiger partial charge in [-0.15, -0.1) is 22.7 Å². The molecule has 1 aliphatic rings. The lowest BCUT2D eigenvalue weighted by molar-refractivity contribution is 0.108. The molecular formula is C21H13O2PS2. The standard InChI is InChI=1S/C21H13O2PS2/c22-21(20-12-11-19(26-20)18-10-5-13-25-18)24(23)16-8-3-1-6-14(16)15-7-2-4-9-17(15)24/h1-13H. The second kappa shape index (κ2) is 5.88. The zero-order valence-electron chi connectivity index (χ0n) is 13.6. The molecule has 4 aromatic rings. The highest BCUT2D eigenvalue weighted by molar-refractivity contribution is 7.94. The van der Waals surface area contributed by atoms with Crippen molar-refractivity contribution in [2.75, 3.05) is 0 Å². The molecule has 2 nitrogen and oxygen atoms in total. The van der Waals surface area contributed by atoms with E-state index < -0.39 is 7.14 Å². The summed E-state index contributed by atoms with van der Waals surface area (Å²) in [6.07, 6.45) is 0. The average Bonchev–Trinajstić information content (AvgIpc) is 3.41. The van der Waals surface area contributed by atoms with Crippen molar-refractivity contribution in [3.05, 3.63) is 83.1 Å². The van der Waals surface area contributed by atoms with Gasteiger partial charge in [0.2, 0.25) is 12.7 Å². The van der Waals surface area contributed by atoms with Gasteiger partial charge in [0.25, 0.3) is 0 Å². The first-order valence-corrected chi connectivity index (χ1v) is 11.6. The van der Waals surface area contributed by atoms with E-state index >= 15 is 0 Å². The van der Waals surface area contributed by atoms with Gasteiger partial charge < -0.3 is 4.57 Å². The Morgan fingerprint density at radius 2 is 1.38 bits per heavy atom. The summed E-state index contributed by atoms with van der Waals surface area (Å²) in [6, 6.07) is 22.9. The van der Waals surface area contributed by atoms with Gasteiger partial charge in [-0.2, -0.15) is 0 Å². The highest BCUT2D eigenvalue weighted by atomic mass is 32.1. The highest BCUT2D eigenvalue weighted by Crippen LogP contribution is 2.55. The van der Waals surface area contributed by atoms with E-state index in [4.69, 9.17) is 0 Å². The molecule has 0 saturated carbocycles. The normalized spacial score (nSPS) is 14.0. The van der Waals surface area contributed by atoms with Crippen molar-refractivity contribution in [2.45, 2.75) is 0 Å². The minimum atomic E-state index is -3.35. The first kappa shape index (κ1) is 16.0. The van der Waals surface area contributed by atoms with Crippen LogP contribution in [0, 0.1) is 0 Å². The number of thiophene rings is 2. The fraction of sp³-hybridized carbons (Fsp3) is 0. The van der Waals surface area contributed by atoms with Crippen molar-refractivity contribution in [3.8, 4) is 20.9 Å². The third kappa shape index (κ3) is 2.16. The van der Waals surface area contributed by atoms with Gasteiger partial charge in [-0.1, -0.05) is 54.6 Å². The van der Waals surface area contributed by atoms with E-state index in [1.54, 1.807) is 11.3 Å². The molecule has 5 heteroatoms. The molecule has 126 valence electrons. The first-order valence-electron chi connectivity index (χ1n) is 8.18. The Labute approximate surface area is 159 Å². The minimum absolute atomic E-state index is 0.261. The van der Waals surface area contributed by atoms with E-state index in [2.05, 4.69) is 0 Å². The molecule has 3 heterocycles. The molecule has 2 aromatic carbocycles. The average molecular weight is 392 g/mol. The molecule has 2 aromatic heterocycles. The van der Waals surface area contributed by atoms with Crippen LogP contribution in [0.2, 0.25) is 0 Å². The van der Waals surface area contributed by atoms with Crippen LogP contribution >= 0.6 is 29.8 Å². The number of carbonyl (C=O) groups is 1. The fourth-order valence-electron chi connectivity index (χ4n) is 3.46. The summed E-state index contributed by atoms with van der Waals surface area (Å²) in [7, 11) is -3.35. The Balaban J connectivity index is 1.68. The Morgan fingerprint density at radius 1 is 0.731 bits per heavy atom. The van der Waals surface area contributed by atoms with Gasteiger partial charge in [0.15, 0.2) is 0 Å². The summed E-state index contributed by atoms with van der Waals surface area (Å²) >= 11 is 3.06. The van der Waals surface area contributed by atoms with Crippen LogP contribution in [-0.2, 0) is 4.57 Å². The van der Waals surface area contributed by atoms with E-state index in [-0.39, 0.29) is 5.52 Å².